The van der Waals surface area contributed by atoms with Gasteiger partial charge >= 0.3 is 0 Å². The lowest BCUT2D eigenvalue weighted by atomic mass is 10.1. The van der Waals surface area contributed by atoms with Gasteiger partial charge in [-0.05, 0) is 6.92 Å². The summed E-state index contributed by atoms with van der Waals surface area (Å²) in [6.45, 7) is 3.05. The highest BCUT2D eigenvalue weighted by Crippen LogP contribution is 2.37. The summed E-state index contributed by atoms with van der Waals surface area (Å²) in [5.41, 5.74) is 2.12. The molecule has 82 valence electrons. The van der Waals surface area contributed by atoms with Gasteiger partial charge in [0.15, 0.2) is 11.5 Å². The molecule has 0 amide bonds. The van der Waals surface area contributed by atoms with Crippen molar-refractivity contribution in [1.29, 1.82) is 0 Å². The van der Waals surface area contributed by atoms with E-state index in [1.54, 1.807) is 14.2 Å². The number of methoxy groups -OCH3 is 2. The molecule has 0 saturated carbocycles. The highest BCUT2D eigenvalue weighted by molar-refractivity contribution is 5.76. The quantitative estimate of drug-likeness (QED) is 0.779. The van der Waals surface area contributed by atoms with Crippen molar-refractivity contribution >= 4 is 11.4 Å². The molecule has 1 aromatic rings. The van der Waals surface area contributed by atoms with Crippen LogP contribution in [0.15, 0.2) is 12.1 Å². The molecule has 1 atom stereocenters. The predicted molar refractivity (Wildman–Crippen MR) is 61.1 cm³/mol. The molecule has 15 heavy (non-hydrogen) atoms. The Morgan fingerprint density at radius 3 is 2.33 bits per heavy atom. The van der Waals surface area contributed by atoms with Gasteiger partial charge in [0.2, 0.25) is 0 Å². The third-order valence-electron chi connectivity index (χ3n) is 2.52. The van der Waals surface area contributed by atoms with Crippen molar-refractivity contribution in [3.8, 4) is 11.5 Å². The molecular weight excluding hydrogens is 192 g/mol. The highest BCUT2D eigenvalue weighted by Gasteiger charge is 2.16. The normalized spacial score (nSPS) is 18.5. The molecule has 4 nitrogen and oxygen atoms in total. The summed E-state index contributed by atoms with van der Waals surface area (Å²) < 4.78 is 10.5. The Balaban J connectivity index is 2.41. The van der Waals surface area contributed by atoms with Crippen LogP contribution in [0.3, 0.4) is 0 Å². The van der Waals surface area contributed by atoms with Crippen molar-refractivity contribution in [3.63, 3.8) is 0 Å². The minimum Gasteiger partial charge on any atom is -0.493 e. The van der Waals surface area contributed by atoms with Crippen LogP contribution in [0.2, 0.25) is 0 Å². The number of ether oxygens (including phenoxy) is 2. The molecule has 0 saturated heterocycles. The lowest BCUT2D eigenvalue weighted by Gasteiger charge is -2.26. The average molecular weight is 208 g/mol. The van der Waals surface area contributed by atoms with E-state index in [9.17, 15) is 0 Å². The van der Waals surface area contributed by atoms with Gasteiger partial charge in [0.05, 0.1) is 25.6 Å². The fourth-order valence-corrected chi connectivity index (χ4v) is 1.72. The fraction of sp³-hybridized carbons (Fsp3) is 0.455. The van der Waals surface area contributed by atoms with E-state index >= 15 is 0 Å². The van der Waals surface area contributed by atoms with Gasteiger partial charge in [-0.1, -0.05) is 0 Å². The molecule has 0 aliphatic carbocycles. The maximum atomic E-state index is 5.24. The van der Waals surface area contributed by atoms with E-state index in [2.05, 4.69) is 17.6 Å². The Morgan fingerprint density at radius 1 is 1.13 bits per heavy atom. The highest BCUT2D eigenvalue weighted by atomic mass is 16.5. The SMILES string of the molecule is COc1cc2c(cc1OC)NC(C)CN2. The van der Waals surface area contributed by atoms with E-state index in [-0.39, 0.29) is 0 Å². The molecule has 0 radical (unpaired) electrons. The molecule has 1 aliphatic rings. The van der Waals surface area contributed by atoms with Crippen LogP contribution in [-0.4, -0.2) is 26.8 Å². The molecule has 2 N–H and O–H groups in total. The lowest BCUT2D eigenvalue weighted by Crippen LogP contribution is -2.30. The number of nitrogens with one attached hydrogen (secondary N) is 2. The van der Waals surface area contributed by atoms with E-state index < -0.39 is 0 Å². The van der Waals surface area contributed by atoms with Gasteiger partial charge in [0.1, 0.15) is 0 Å². The van der Waals surface area contributed by atoms with Crippen LogP contribution in [0.4, 0.5) is 11.4 Å². The molecule has 0 aromatic heterocycles. The molecule has 4 heteroatoms. The number of benzene rings is 1. The van der Waals surface area contributed by atoms with E-state index in [1.807, 2.05) is 12.1 Å². The standard InChI is InChI=1S/C11H16N2O2/c1-7-6-12-8-4-10(14-2)11(15-3)5-9(8)13-7/h4-5,7,12-13H,6H2,1-3H3. The first-order valence-electron chi connectivity index (χ1n) is 5.01. The molecule has 2 rings (SSSR count). The fourth-order valence-electron chi connectivity index (χ4n) is 1.72. The van der Waals surface area contributed by atoms with Crippen molar-refractivity contribution in [1.82, 2.24) is 0 Å². The molecule has 1 heterocycles. The van der Waals surface area contributed by atoms with Gasteiger partial charge in [-0.2, -0.15) is 0 Å². The Kier molecular flexibility index (Phi) is 2.58. The summed E-state index contributed by atoms with van der Waals surface area (Å²) in [6, 6.07) is 4.33. The minimum absolute atomic E-state index is 0.426. The third-order valence-corrected chi connectivity index (χ3v) is 2.52. The van der Waals surface area contributed by atoms with Gasteiger partial charge in [-0.25, -0.2) is 0 Å². The maximum Gasteiger partial charge on any atom is 0.162 e. The first kappa shape index (κ1) is 9.96. The van der Waals surface area contributed by atoms with E-state index in [1.165, 1.54) is 0 Å². The summed E-state index contributed by atoms with van der Waals surface area (Å²) in [7, 11) is 3.28. The van der Waals surface area contributed by atoms with Crippen LogP contribution in [0, 0.1) is 0 Å². The van der Waals surface area contributed by atoms with Crippen LogP contribution in [0.25, 0.3) is 0 Å². The van der Waals surface area contributed by atoms with E-state index in [4.69, 9.17) is 9.47 Å². The number of hydrogen-bond donors (Lipinski definition) is 2. The Bertz CT molecular complexity index is 366. The van der Waals surface area contributed by atoms with Crippen molar-refractivity contribution in [2.75, 3.05) is 31.4 Å². The molecule has 1 aliphatic heterocycles. The third kappa shape index (κ3) is 1.79. The molecule has 1 unspecified atom stereocenters. The van der Waals surface area contributed by atoms with E-state index in [0.29, 0.717) is 6.04 Å². The second-order valence-corrected chi connectivity index (χ2v) is 3.68. The molecule has 0 spiro atoms. The minimum atomic E-state index is 0.426. The Labute approximate surface area is 89.6 Å². The summed E-state index contributed by atoms with van der Waals surface area (Å²) in [5.74, 6) is 1.50. The van der Waals surface area contributed by atoms with Crippen molar-refractivity contribution in [2.45, 2.75) is 13.0 Å². The van der Waals surface area contributed by atoms with Crippen molar-refractivity contribution in [3.05, 3.63) is 12.1 Å². The topological polar surface area (TPSA) is 42.5 Å². The largest absolute Gasteiger partial charge is 0.493 e. The summed E-state index contributed by atoms with van der Waals surface area (Å²) >= 11 is 0. The van der Waals surface area contributed by atoms with E-state index in [0.717, 1.165) is 29.4 Å². The van der Waals surface area contributed by atoms with Gasteiger partial charge in [-0.3, -0.25) is 0 Å². The zero-order chi connectivity index (χ0) is 10.8. The maximum absolute atomic E-state index is 5.24. The zero-order valence-electron chi connectivity index (χ0n) is 9.26. The Hall–Kier alpha value is -1.58. The van der Waals surface area contributed by atoms with Crippen LogP contribution >= 0.6 is 0 Å². The number of hydrogen-bond acceptors (Lipinski definition) is 4. The second-order valence-electron chi connectivity index (χ2n) is 3.68. The van der Waals surface area contributed by atoms with Gasteiger partial charge < -0.3 is 20.1 Å². The first-order chi connectivity index (χ1) is 7.24. The molecule has 1 aromatic carbocycles. The van der Waals surface area contributed by atoms with Crippen LogP contribution in [0.1, 0.15) is 6.92 Å². The summed E-state index contributed by atoms with van der Waals surface area (Å²) in [4.78, 5) is 0. The smallest absolute Gasteiger partial charge is 0.162 e. The van der Waals surface area contributed by atoms with Crippen LogP contribution < -0.4 is 20.1 Å². The zero-order valence-corrected chi connectivity index (χ0v) is 9.26. The molecule has 0 bridgehead atoms. The van der Waals surface area contributed by atoms with Crippen molar-refractivity contribution < 1.29 is 9.47 Å². The first-order valence-corrected chi connectivity index (χ1v) is 5.01. The second kappa shape index (κ2) is 3.88. The van der Waals surface area contributed by atoms with Crippen LogP contribution in [0.5, 0.6) is 11.5 Å². The Morgan fingerprint density at radius 2 is 1.73 bits per heavy atom. The average Bonchev–Trinajstić information content (AvgIpc) is 2.27. The molecular formula is C11H16N2O2. The van der Waals surface area contributed by atoms with Gasteiger partial charge in [-0.15, -0.1) is 0 Å². The summed E-state index contributed by atoms with van der Waals surface area (Å²) in [6.07, 6.45) is 0. The molecule has 0 fully saturated rings. The van der Waals surface area contributed by atoms with Crippen LogP contribution in [-0.2, 0) is 0 Å². The lowest BCUT2D eigenvalue weighted by molar-refractivity contribution is 0.355. The van der Waals surface area contributed by atoms with Crippen molar-refractivity contribution in [2.24, 2.45) is 0 Å². The van der Waals surface area contributed by atoms with Gasteiger partial charge in [0.25, 0.3) is 0 Å². The van der Waals surface area contributed by atoms with Gasteiger partial charge in [0, 0.05) is 24.7 Å². The monoisotopic (exact) mass is 208 g/mol. The summed E-state index contributed by atoms with van der Waals surface area (Å²) in [5, 5.41) is 6.73. The number of anilines is 2. The predicted octanol–water partition coefficient (Wildman–Crippen LogP) is 1.93. The number of fused-ring (bicyclic) bond motifs is 1. The number of rotatable bonds is 2.